The molecule has 0 aliphatic heterocycles. The third kappa shape index (κ3) is 2.91. The van der Waals surface area contributed by atoms with Crippen LogP contribution in [-0.2, 0) is 12.8 Å². The van der Waals surface area contributed by atoms with Gasteiger partial charge in [-0.15, -0.1) is 11.3 Å². The lowest BCUT2D eigenvalue weighted by Crippen LogP contribution is -2.14. The molecular weight excluding hydrogens is 269 g/mol. The van der Waals surface area contributed by atoms with Crippen molar-refractivity contribution in [3.63, 3.8) is 0 Å². The molecule has 0 saturated heterocycles. The Bertz CT molecular complexity index is 538. The summed E-state index contributed by atoms with van der Waals surface area (Å²) < 4.78 is 13.8. The predicted molar refractivity (Wildman–Crippen MR) is 75.7 cm³/mol. The zero-order valence-corrected chi connectivity index (χ0v) is 11.7. The molecule has 0 bridgehead atoms. The summed E-state index contributed by atoms with van der Waals surface area (Å²) >= 11 is 7.49. The largest absolute Gasteiger partial charge is 0.324 e. The maximum atomic E-state index is 13.8. The van der Waals surface area contributed by atoms with E-state index in [2.05, 4.69) is 19.1 Å². The van der Waals surface area contributed by atoms with Crippen LogP contribution in [0, 0.1) is 5.82 Å². The van der Waals surface area contributed by atoms with Gasteiger partial charge in [0.1, 0.15) is 5.82 Å². The predicted octanol–water partition coefficient (Wildman–Crippen LogP) is 4.35. The second-order valence-electron chi connectivity index (χ2n) is 4.18. The van der Waals surface area contributed by atoms with Crippen LogP contribution < -0.4 is 5.73 Å². The van der Waals surface area contributed by atoms with Gasteiger partial charge in [0, 0.05) is 27.8 Å². The van der Waals surface area contributed by atoms with Gasteiger partial charge in [-0.3, -0.25) is 0 Å². The minimum atomic E-state index is -0.404. The topological polar surface area (TPSA) is 26.0 Å². The van der Waals surface area contributed by atoms with Crippen molar-refractivity contribution in [2.75, 3.05) is 0 Å². The summed E-state index contributed by atoms with van der Waals surface area (Å²) in [6.45, 7) is 2.12. The average Bonchev–Trinajstić information content (AvgIpc) is 2.80. The van der Waals surface area contributed by atoms with Crippen LogP contribution in [0.3, 0.4) is 0 Å². The maximum Gasteiger partial charge on any atom is 0.146 e. The van der Waals surface area contributed by atoms with Crippen molar-refractivity contribution in [3.8, 4) is 0 Å². The Labute approximate surface area is 115 Å². The zero-order chi connectivity index (χ0) is 13.1. The summed E-state index contributed by atoms with van der Waals surface area (Å²) in [6.07, 6.45) is 1.66. The third-order valence-electron chi connectivity index (χ3n) is 2.87. The Morgan fingerprint density at radius 2 is 2.00 bits per heavy atom. The fraction of sp³-hybridized carbons (Fsp3) is 0.286. The van der Waals surface area contributed by atoms with Gasteiger partial charge < -0.3 is 5.73 Å². The van der Waals surface area contributed by atoms with Crippen LogP contribution in [-0.4, -0.2) is 0 Å². The summed E-state index contributed by atoms with van der Waals surface area (Å²) in [5, 5.41) is 0.128. The molecule has 1 aromatic carbocycles. The van der Waals surface area contributed by atoms with E-state index >= 15 is 0 Å². The average molecular weight is 284 g/mol. The van der Waals surface area contributed by atoms with Crippen LogP contribution in [0.5, 0.6) is 0 Å². The van der Waals surface area contributed by atoms with Crippen molar-refractivity contribution < 1.29 is 4.39 Å². The van der Waals surface area contributed by atoms with Crippen LogP contribution in [0.15, 0.2) is 30.3 Å². The van der Waals surface area contributed by atoms with E-state index in [0.717, 1.165) is 6.42 Å². The van der Waals surface area contributed by atoms with E-state index in [0.29, 0.717) is 12.0 Å². The molecule has 0 amide bonds. The molecule has 1 heterocycles. The molecule has 0 aliphatic rings. The van der Waals surface area contributed by atoms with E-state index < -0.39 is 5.82 Å². The molecule has 1 unspecified atom stereocenters. The second kappa shape index (κ2) is 5.83. The van der Waals surface area contributed by atoms with Gasteiger partial charge in [0.05, 0.1) is 5.02 Å². The first-order chi connectivity index (χ1) is 8.61. The highest BCUT2D eigenvalue weighted by molar-refractivity contribution is 7.11. The van der Waals surface area contributed by atoms with Crippen LogP contribution >= 0.6 is 22.9 Å². The number of halogens is 2. The highest BCUT2D eigenvalue weighted by Gasteiger charge is 2.15. The smallest absolute Gasteiger partial charge is 0.146 e. The number of hydrogen-bond donors (Lipinski definition) is 1. The third-order valence-corrected chi connectivity index (χ3v) is 4.41. The van der Waals surface area contributed by atoms with Crippen LogP contribution in [0.4, 0.5) is 4.39 Å². The second-order valence-corrected chi connectivity index (χ2v) is 5.84. The lowest BCUT2D eigenvalue weighted by molar-refractivity contribution is 0.582. The first kappa shape index (κ1) is 13.5. The van der Waals surface area contributed by atoms with E-state index in [9.17, 15) is 4.39 Å². The lowest BCUT2D eigenvalue weighted by Gasteiger charge is -2.12. The molecule has 4 heteroatoms. The molecule has 18 heavy (non-hydrogen) atoms. The van der Waals surface area contributed by atoms with Gasteiger partial charge >= 0.3 is 0 Å². The molecule has 2 rings (SSSR count). The van der Waals surface area contributed by atoms with Crippen molar-refractivity contribution in [2.45, 2.75) is 25.8 Å². The Morgan fingerprint density at radius 1 is 1.28 bits per heavy atom. The molecule has 0 saturated carbocycles. The summed E-state index contributed by atoms with van der Waals surface area (Å²) in [4.78, 5) is 2.50. The number of rotatable bonds is 4. The summed E-state index contributed by atoms with van der Waals surface area (Å²) in [6, 6.07) is 8.76. The molecule has 1 aromatic heterocycles. The van der Waals surface area contributed by atoms with E-state index in [1.165, 1.54) is 15.8 Å². The van der Waals surface area contributed by atoms with Gasteiger partial charge in [0.25, 0.3) is 0 Å². The van der Waals surface area contributed by atoms with Gasteiger partial charge in [-0.25, -0.2) is 4.39 Å². The van der Waals surface area contributed by atoms with E-state index in [1.807, 2.05) is 0 Å². The summed E-state index contributed by atoms with van der Waals surface area (Å²) in [5.41, 5.74) is 6.54. The van der Waals surface area contributed by atoms with E-state index in [1.54, 1.807) is 23.5 Å². The number of benzene rings is 1. The molecule has 2 N–H and O–H groups in total. The molecule has 1 atom stereocenters. The Morgan fingerprint density at radius 3 is 2.67 bits per heavy atom. The molecule has 96 valence electrons. The minimum Gasteiger partial charge on any atom is -0.324 e. The SMILES string of the molecule is CCc1ccc(CC(N)c2cccc(Cl)c2F)s1. The monoisotopic (exact) mass is 283 g/mol. The molecule has 2 aromatic rings. The Kier molecular flexibility index (Phi) is 4.38. The van der Waals surface area contributed by atoms with E-state index in [-0.39, 0.29) is 11.1 Å². The molecule has 1 nitrogen and oxygen atoms in total. The zero-order valence-electron chi connectivity index (χ0n) is 10.1. The normalized spacial score (nSPS) is 12.7. The molecule has 0 spiro atoms. The fourth-order valence-corrected chi connectivity index (χ4v) is 3.05. The molecule has 0 fully saturated rings. The van der Waals surface area contributed by atoms with Crippen LogP contribution in [0.1, 0.15) is 28.3 Å². The quantitative estimate of drug-likeness (QED) is 0.887. The standard InChI is InChI=1S/C14H15ClFNS/c1-2-9-6-7-10(18-9)8-13(17)11-4-3-5-12(15)14(11)16/h3-7,13H,2,8,17H2,1H3. The lowest BCUT2D eigenvalue weighted by atomic mass is 10.0. The summed E-state index contributed by atoms with van der Waals surface area (Å²) in [5.74, 6) is -0.404. The number of aryl methyl sites for hydroxylation is 1. The minimum absolute atomic E-state index is 0.128. The highest BCUT2D eigenvalue weighted by atomic mass is 35.5. The Balaban J connectivity index is 2.16. The van der Waals surface area contributed by atoms with Crippen LogP contribution in [0.25, 0.3) is 0 Å². The fourth-order valence-electron chi connectivity index (χ4n) is 1.86. The van der Waals surface area contributed by atoms with Crippen molar-refractivity contribution in [2.24, 2.45) is 5.73 Å². The van der Waals surface area contributed by atoms with E-state index in [4.69, 9.17) is 17.3 Å². The van der Waals surface area contributed by atoms with Gasteiger partial charge in [-0.1, -0.05) is 30.7 Å². The highest BCUT2D eigenvalue weighted by Crippen LogP contribution is 2.26. The number of thiophene rings is 1. The first-order valence-corrected chi connectivity index (χ1v) is 7.08. The molecule has 0 aliphatic carbocycles. The first-order valence-electron chi connectivity index (χ1n) is 5.89. The van der Waals surface area contributed by atoms with Gasteiger partial charge in [-0.05, 0) is 24.6 Å². The summed E-state index contributed by atoms with van der Waals surface area (Å²) in [7, 11) is 0. The van der Waals surface area contributed by atoms with Gasteiger partial charge in [0.2, 0.25) is 0 Å². The van der Waals surface area contributed by atoms with Crippen molar-refractivity contribution in [1.82, 2.24) is 0 Å². The van der Waals surface area contributed by atoms with Gasteiger partial charge in [0.15, 0.2) is 0 Å². The number of hydrogen-bond acceptors (Lipinski definition) is 2. The van der Waals surface area contributed by atoms with Crippen molar-refractivity contribution >= 4 is 22.9 Å². The van der Waals surface area contributed by atoms with Crippen molar-refractivity contribution in [3.05, 3.63) is 56.5 Å². The Hall–Kier alpha value is -0.900. The molecular formula is C14H15ClFNS. The molecule has 0 radical (unpaired) electrons. The van der Waals surface area contributed by atoms with Gasteiger partial charge in [-0.2, -0.15) is 0 Å². The van der Waals surface area contributed by atoms with Crippen LogP contribution in [0.2, 0.25) is 5.02 Å². The van der Waals surface area contributed by atoms with Crippen molar-refractivity contribution in [1.29, 1.82) is 0 Å². The number of nitrogens with two attached hydrogens (primary N) is 1. The maximum absolute atomic E-state index is 13.8.